The highest BCUT2D eigenvalue weighted by Crippen LogP contribution is 2.38. The van der Waals surface area contributed by atoms with Gasteiger partial charge in [-0.3, -0.25) is 0 Å². The Bertz CT molecular complexity index is 215. The molecule has 16 heavy (non-hydrogen) atoms. The van der Waals surface area contributed by atoms with Crippen LogP contribution >= 0.6 is 0 Å². The van der Waals surface area contributed by atoms with Crippen molar-refractivity contribution in [3.63, 3.8) is 0 Å². The van der Waals surface area contributed by atoms with Crippen molar-refractivity contribution in [3.8, 4) is 0 Å². The molecule has 1 saturated heterocycles. The molecular weight excluding hydrogens is 200 g/mol. The lowest BCUT2D eigenvalue weighted by molar-refractivity contribution is -0.110. The third-order valence-corrected chi connectivity index (χ3v) is 4.22. The molecule has 1 rings (SSSR count). The largest absolute Gasteiger partial charge is 0.374 e. The van der Waals surface area contributed by atoms with Gasteiger partial charge in [-0.1, -0.05) is 40.5 Å². The monoisotopic (exact) mass is 226 g/mol. The fourth-order valence-corrected chi connectivity index (χ4v) is 2.86. The molecule has 1 fully saturated rings. The van der Waals surface area contributed by atoms with E-state index in [9.17, 15) is 4.79 Å². The van der Waals surface area contributed by atoms with Crippen LogP contribution in [0.5, 0.6) is 0 Å². The van der Waals surface area contributed by atoms with Crippen molar-refractivity contribution in [2.24, 2.45) is 17.8 Å². The predicted molar refractivity (Wildman–Crippen MR) is 66.4 cm³/mol. The van der Waals surface area contributed by atoms with Gasteiger partial charge in [-0.15, -0.1) is 0 Å². The van der Waals surface area contributed by atoms with Gasteiger partial charge in [-0.05, 0) is 24.2 Å². The summed E-state index contributed by atoms with van der Waals surface area (Å²) in [4.78, 5) is 10.6. The summed E-state index contributed by atoms with van der Waals surface area (Å²) in [5.74, 6) is 1.89. The normalized spacial score (nSPS) is 36.2. The molecule has 0 aromatic rings. The van der Waals surface area contributed by atoms with E-state index < -0.39 is 0 Å². The lowest BCUT2D eigenvalue weighted by Gasteiger charge is -2.20. The van der Waals surface area contributed by atoms with Crippen LogP contribution in [0.2, 0.25) is 0 Å². The first-order valence-corrected chi connectivity index (χ1v) is 6.73. The molecule has 0 aromatic heterocycles. The number of carbonyl (C=O) groups is 1. The summed E-state index contributed by atoms with van der Waals surface area (Å²) in [5.41, 5.74) is 0. The van der Waals surface area contributed by atoms with Crippen molar-refractivity contribution in [2.75, 3.05) is 0 Å². The maximum atomic E-state index is 10.6. The number of aldehydes is 1. The second-order valence-corrected chi connectivity index (χ2v) is 5.30. The Balaban J connectivity index is 2.58. The molecule has 1 aliphatic rings. The molecule has 2 unspecified atom stereocenters. The maximum Gasteiger partial charge on any atom is 0.122 e. The summed E-state index contributed by atoms with van der Waals surface area (Å²) in [7, 11) is 0. The molecule has 0 N–H and O–H groups in total. The third kappa shape index (κ3) is 3.07. The Morgan fingerprint density at radius 2 is 2.00 bits per heavy atom. The van der Waals surface area contributed by atoms with Crippen LogP contribution in [0.25, 0.3) is 0 Å². The van der Waals surface area contributed by atoms with Crippen LogP contribution in [0.15, 0.2) is 0 Å². The molecule has 94 valence electrons. The standard InChI is InChI=1S/C14H26O2/c1-5-10(3)9-14-11(4)12(6-2)13(16-14)7-8-15/h8,10-14H,5-7,9H2,1-4H3/t10?,11-,12-,13?,14-/m1/s1. The molecular formula is C14H26O2. The van der Waals surface area contributed by atoms with Gasteiger partial charge in [0.25, 0.3) is 0 Å². The van der Waals surface area contributed by atoms with E-state index in [-0.39, 0.29) is 6.10 Å². The van der Waals surface area contributed by atoms with E-state index in [0.29, 0.717) is 24.4 Å². The molecule has 0 aromatic carbocycles. The van der Waals surface area contributed by atoms with E-state index in [4.69, 9.17) is 4.74 Å². The van der Waals surface area contributed by atoms with Crippen LogP contribution in [-0.4, -0.2) is 18.5 Å². The van der Waals surface area contributed by atoms with Gasteiger partial charge in [0.15, 0.2) is 0 Å². The first kappa shape index (κ1) is 13.7. The van der Waals surface area contributed by atoms with Gasteiger partial charge in [0.05, 0.1) is 12.2 Å². The molecule has 0 radical (unpaired) electrons. The minimum Gasteiger partial charge on any atom is -0.374 e. The number of carbonyl (C=O) groups excluding carboxylic acids is 1. The molecule has 0 saturated carbocycles. The second kappa shape index (κ2) is 6.39. The first-order valence-electron chi connectivity index (χ1n) is 6.73. The minimum absolute atomic E-state index is 0.173. The van der Waals surface area contributed by atoms with Gasteiger partial charge in [0, 0.05) is 6.42 Å². The average Bonchev–Trinajstić information content (AvgIpc) is 2.56. The van der Waals surface area contributed by atoms with E-state index in [1.807, 2.05) is 0 Å². The van der Waals surface area contributed by atoms with Gasteiger partial charge >= 0.3 is 0 Å². The number of ether oxygens (including phenoxy) is 1. The Kier molecular flexibility index (Phi) is 5.47. The summed E-state index contributed by atoms with van der Waals surface area (Å²) in [5, 5.41) is 0. The van der Waals surface area contributed by atoms with Crippen LogP contribution in [0.3, 0.4) is 0 Å². The first-order chi connectivity index (χ1) is 7.63. The van der Waals surface area contributed by atoms with Crippen LogP contribution in [0, 0.1) is 17.8 Å². The highest BCUT2D eigenvalue weighted by Gasteiger charge is 2.40. The number of hydrogen-bond acceptors (Lipinski definition) is 2. The van der Waals surface area contributed by atoms with E-state index >= 15 is 0 Å². The van der Waals surface area contributed by atoms with Gasteiger partial charge in [-0.2, -0.15) is 0 Å². The van der Waals surface area contributed by atoms with Crippen LogP contribution in [0.1, 0.15) is 53.4 Å². The molecule has 1 heterocycles. The van der Waals surface area contributed by atoms with Crippen LogP contribution in [-0.2, 0) is 9.53 Å². The Hall–Kier alpha value is -0.370. The lowest BCUT2D eigenvalue weighted by atomic mass is 9.83. The van der Waals surface area contributed by atoms with Crippen molar-refractivity contribution in [1.29, 1.82) is 0 Å². The van der Waals surface area contributed by atoms with E-state index in [1.54, 1.807) is 0 Å². The summed E-state index contributed by atoms with van der Waals surface area (Å²) >= 11 is 0. The fraction of sp³-hybridized carbons (Fsp3) is 0.929. The van der Waals surface area contributed by atoms with Crippen LogP contribution in [0.4, 0.5) is 0 Å². The Morgan fingerprint density at radius 1 is 1.31 bits per heavy atom. The number of rotatable bonds is 6. The van der Waals surface area contributed by atoms with Crippen LogP contribution < -0.4 is 0 Å². The fourth-order valence-electron chi connectivity index (χ4n) is 2.86. The highest BCUT2D eigenvalue weighted by molar-refractivity contribution is 5.50. The lowest BCUT2D eigenvalue weighted by Crippen LogP contribution is -2.20. The molecule has 2 heteroatoms. The van der Waals surface area contributed by atoms with Gasteiger partial charge < -0.3 is 9.53 Å². The summed E-state index contributed by atoms with van der Waals surface area (Å²) in [6.07, 6.45) is 5.59. The summed E-state index contributed by atoms with van der Waals surface area (Å²) in [6.45, 7) is 8.99. The van der Waals surface area contributed by atoms with E-state index in [1.165, 1.54) is 6.42 Å². The van der Waals surface area contributed by atoms with Gasteiger partial charge in [-0.25, -0.2) is 0 Å². The van der Waals surface area contributed by atoms with Crippen molar-refractivity contribution in [1.82, 2.24) is 0 Å². The summed E-state index contributed by atoms with van der Waals surface area (Å²) < 4.78 is 6.06. The zero-order valence-corrected chi connectivity index (χ0v) is 11.1. The molecule has 0 spiro atoms. The number of hydrogen-bond donors (Lipinski definition) is 0. The van der Waals surface area contributed by atoms with E-state index in [0.717, 1.165) is 25.0 Å². The zero-order valence-electron chi connectivity index (χ0n) is 11.1. The third-order valence-electron chi connectivity index (χ3n) is 4.22. The Labute approximate surface area is 99.8 Å². The van der Waals surface area contributed by atoms with Crippen molar-refractivity contribution < 1.29 is 9.53 Å². The smallest absolute Gasteiger partial charge is 0.122 e. The van der Waals surface area contributed by atoms with E-state index in [2.05, 4.69) is 27.7 Å². The zero-order chi connectivity index (χ0) is 12.1. The molecule has 0 amide bonds. The molecule has 5 atom stereocenters. The van der Waals surface area contributed by atoms with Gasteiger partial charge in [0.1, 0.15) is 6.29 Å². The average molecular weight is 226 g/mol. The SMILES string of the molecule is CCC(C)C[C@H]1OC(CC=O)[C@H](CC)[C@H]1C. The molecule has 1 aliphatic heterocycles. The predicted octanol–water partition coefficient (Wildman–Crippen LogP) is 3.44. The van der Waals surface area contributed by atoms with Gasteiger partial charge in [0.2, 0.25) is 0 Å². The highest BCUT2D eigenvalue weighted by atomic mass is 16.5. The van der Waals surface area contributed by atoms with Crippen molar-refractivity contribution in [3.05, 3.63) is 0 Å². The minimum atomic E-state index is 0.173. The Morgan fingerprint density at radius 3 is 2.50 bits per heavy atom. The van der Waals surface area contributed by atoms with Crippen molar-refractivity contribution in [2.45, 2.75) is 65.6 Å². The molecule has 2 nitrogen and oxygen atoms in total. The van der Waals surface area contributed by atoms with Crippen molar-refractivity contribution >= 4 is 6.29 Å². The molecule has 0 bridgehead atoms. The second-order valence-electron chi connectivity index (χ2n) is 5.30. The quantitative estimate of drug-likeness (QED) is 0.648. The molecule has 0 aliphatic carbocycles. The topological polar surface area (TPSA) is 26.3 Å². The summed E-state index contributed by atoms with van der Waals surface area (Å²) in [6, 6.07) is 0. The maximum absolute atomic E-state index is 10.6.